The minimum absolute atomic E-state index is 0.0300. The van der Waals surface area contributed by atoms with Gasteiger partial charge >= 0.3 is 0 Å². The maximum absolute atomic E-state index is 14.4. The van der Waals surface area contributed by atoms with E-state index in [1.807, 2.05) is 30.1 Å². The molecule has 282 valence electrons. The SMILES string of the molecule is CCC(C)S(=O)(=O)NC(=O)c1ccc2c(C3CCCCC3)c3n(c2c1)CC(c1c(C(=O)N2CCCC(N(C)C)C2)cnn1C)=Cc1cc(OC)ccc1-3. The molecule has 1 N–H and O–H groups in total. The molecule has 0 bridgehead atoms. The third-order valence-corrected chi connectivity index (χ3v) is 13.6. The highest BCUT2D eigenvalue weighted by Gasteiger charge is 2.33. The lowest BCUT2D eigenvalue weighted by Gasteiger charge is -2.36. The summed E-state index contributed by atoms with van der Waals surface area (Å²) in [6, 6.07) is 12.0. The number of hydrogen-bond donors (Lipinski definition) is 1. The summed E-state index contributed by atoms with van der Waals surface area (Å²) in [7, 11) is 3.84. The van der Waals surface area contributed by atoms with Crippen LogP contribution in [0, 0.1) is 0 Å². The van der Waals surface area contributed by atoms with E-state index in [0.29, 0.717) is 43.6 Å². The Balaban J connectivity index is 1.41. The van der Waals surface area contributed by atoms with Gasteiger partial charge < -0.3 is 19.1 Å². The summed E-state index contributed by atoms with van der Waals surface area (Å²) in [6.07, 6.45) is 11.9. The van der Waals surface area contributed by atoms with Crippen LogP contribution < -0.4 is 9.46 Å². The number of carbonyl (C=O) groups excluding carboxylic acids is 2. The molecule has 2 aromatic carbocycles. The number of likely N-dealkylation sites (tertiary alicyclic amines) is 1. The number of aromatic nitrogens is 3. The number of likely N-dealkylation sites (N-methyl/N-ethyl adjacent to an activating group) is 1. The lowest BCUT2D eigenvalue weighted by Crippen LogP contribution is -2.47. The summed E-state index contributed by atoms with van der Waals surface area (Å²) < 4.78 is 38.0. The number of sulfonamides is 1. The lowest BCUT2D eigenvalue weighted by molar-refractivity contribution is 0.0634. The molecular weight excluding hydrogens is 689 g/mol. The molecule has 2 atom stereocenters. The van der Waals surface area contributed by atoms with Gasteiger partial charge in [-0.1, -0.05) is 32.3 Å². The number of rotatable bonds is 9. The predicted octanol–water partition coefficient (Wildman–Crippen LogP) is 6.68. The van der Waals surface area contributed by atoms with E-state index in [4.69, 9.17) is 4.74 Å². The molecule has 1 aliphatic carbocycles. The van der Waals surface area contributed by atoms with E-state index in [1.165, 1.54) is 12.0 Å². The maximum atomic E-state index is 14.4. The van der Waals surface area contributed by atoms with Crippen LogP contribution in [0.25, 0.3) is 33.8 Å². The molecule has 1 saturated heterocycles. The highest BCUT2D eigenvalue weighted by molar-refractivity contribution is 7.90. The van der Waals surface area contributed by atoms with Crippen molar-refractivity contribution in [3.63, 3.8) is 0 Å². The van der Waals surface area contributed by atoms with Crippen LogP contribution in [0.3, 0.4) is 0 Å². The molecule has 11 nitrogen and oxygen atoms in total. The molecule has 2 unspecified atom stereocenters. The fourth-order valence-electron chi connectivity index (χ4n) is 8.54. The Morgan fingerprint density at radius 3 is 2.53 bits per heavy atom. The van der Waals surface area contributed by atoms with Gasteiger partial charge in [0.25, 0.3) is 11.8 Å². The van der Waals surface area contributed by atoms with Gasteiger partial charge in [0.15, 0.2) is 0 Å². The number of hydrogen-bond acceptors (Lipinski definition) is 7. The molecular formula is C41H52N6O5S. The number of benzene rings is 2. The van der Waals surface area contributed by atoms with Crippen molar-refractivity contribution in [2.24, 2.45) is 7.05 Å². The molecule has 1 saturated carbocycles. The van der Waals surface area contributed by atoms with Gasteiger partial charge in [-0.3, -0.25) is 14.3 Å². The zero-order valence-electron chi connectivity index (χ0n) is 31.8. The predicted molar refractivity (Wildman–Crippen MR) is 210 cm³/mol. The normalized spacial score (nSPS) is 18.7. The highest BCUT2D eigenvalue weighted by atomic mass is 32.2. The Bertz CT molecular complexity index is 2190. The Labute approximate surface area is 313 Å². The highest BCUT2D eigenvalue weighted by Crippen LogP contribution is 2.48. The van der Waals surface area contributed by atoms with Crippen LogP contribution in [0.1, 0.15) is 109 Å². The summed E-state index contributed by atoms with van der Waals surface area (Å²) in [5, 5.41) is 5.00. The van der Waals surface area contributed by atoms with Crippen molar-refractivity contribution in [1.82, 2.24) is 28.9 Å². The van der Waals surface area contributed by atoms with Gasteiger partial charge in [-0.2, -0.15) is 5.10 Å². The average molecular weight is 741 g/mol. The molecule has 2 aliphatic heterocycles. The quantitative estimate of drug-likeness (QED) is 0.204. The molecule has 4 aromatic rings. The topological polar surface area (TPSA) is 119 Å². The minimum Gasteiger partial charge on any atom is -0.497 e. The standard InChI is InChI=1S/C41H52N6O5S/c1-7-26(2)53(50,51)43-40(48)28-15-17-34-36(22-28)47-24-30(38-35(23-42-45(38)5)41(49)46-19-11-14-31(25-46)44(3)4)20-29-21-32(52-6)16-18-33(29)39(47)37(34)27-12-9-8-10-13-27/h15-18,20-23,26-27,31H,7-14,19,24-25H2,1-6H3,(H,43,48). The van der Waals surface area contributed by atoms with Crippen molar-refractivity contribution in [2.45, 2.75) is 89.0 Å². The number of allylic oxidation sites excluding steroid dienone is 1. The van der Waals surface area contributed by atoms with Gasteiger partial charge in [0.1, 0.15) is 5.75 Å². The summed E-state index contributed by atoms with van der Waals surface area (Å²) in [5.74, 6) is 0.377. The molecule has 4 heterocycles. The number of carbonyl (C=O) groups is 2. The van der Waals surface area contributed by atoms with E-state index in [-0.39, 0.29) is 11.5 Å². The number of fused-ring (bicyclic) bond motifs is 5. The van der Waals surface area contributed by atoms with Crippen LogP contribution in [0.2, 0.25) is 0 Å². The number of nitrogens with zero attached hydrogens (tertiary/aromatic N) is 5. The van der Waals surface area contributed by atoms with E-state index in [1.54, 1.807) is 37.9 Å². The fourth-order valence-corrected chi connectivity index (χ4v) is 9.56. The van der Waals surface area contributed by atoms with Crippen LogP contribution in [0.5, 0.6) is 5.75 Å². The summed E-state index contributed by atoms with van der Waals surface area (Å²) in [5.41, 5.74) is 7.70. The number of aryl methyl sites for hydroxylation is 1. The van der Waals surface area contributed by atoms with E-state index in [0.717, 1.165) is 83.3 Å². The Morgan fingerprint density at radius 1 is 1.04 bits per heavy atom. The first-order valence-electron chi connectivity index (χ1n) is 19.0. The van der Waals surface area contributed by atoms with Gasteiger partial charge in [-0.15, -0.1) is 0 Å². The molecule has 0 spiro atoms. The first-order valence-corrected chi connectivity index (χ1v) is 20.6. The van der Waals surface area contributed by atoms with Gasteiger partial charge in [0.2, 0.25) is 10.0 Å². The molecule has 12 heteroatoms. The van der Waals surface area contributed by atoms with Crippen LogP contribution in [-0.4, -0.2) is 90.0 Å². The van der Waals surface area contributed by atoms with Gasteiger partial charge in [-0.25, -0.2) is 13.1 Å². The van der Waals surface area contributed by atoms with Crippen LogP contribution in [0.15, 0.2) is 42.6 Å². The van der Waals surface area contributed by atoms with Crippen molar-refractivity contribution < 1.29 is 22.7 Å². The number of nitrogens with one attached hydrogen (secondary N) is 1. The van der Waals surface area contributed by atoms with E-state index >= 15 is 0 Å². The smallest absolute Gasteiger partial charge is 0.264 e. The first kappa shape index (κ1) is 36.9. The fraction of sp³-hybridized carbons (Fsp3) is 0.488. The van der Waals surface area contributed by atoms with Crippen LogP contribution in [-0.2, 0) is 23.6 Å². The van der Waals surface area contributed by atoms with E-state index < -0.39 is 21.2 Å². The zero-order chi connectivity index (χ0) is 37.6. The number of ether oxygens (including phenoxy) is 1. The minimum atomic E-state index is -3.84. The van der Waals surface area contributed by atoms with Crippen molar-refractivity contribution in [3.8, 4) is 17.0 Å². The van der Waals surface area contributed by atoms with Crippen molar-refractivity contribution in [3.05, 3.63) is 70.5 Å². The molecule has 0 radical (unpaired) electrons. The Morgan fingerprint density at radius 2 is 1.81 bits per heavy atom. The number of methoxy groups -OCH3 is 1. The molecule has 53 heavy (non-hydrogen) atoms. The lowest BCUT2D eigenvalue weighted by atomic mass is 9.81. The van der Waals surface area contributed by atoms with Crippen molar-refractivity contribution in [2.75, 3.05) is 34.3 Å². The van der Waals surface area contributed by atoms with Gasteiger partial charge in [-0.05, 0) is 112 Å². The average Bonchev–Trinajstić information content (AvgIpc) is 3.65. The maximum Gasteiger partial charge on any atom is 0.264 e. The molecule has 2 fully saturated rings. The van der Waals surface area contributed by atoms with Crippen molar-refractivity contribution in [1.29, 1.82) is 0 Å². The van der Waals surface area contributed by atoms with Crippen molar-refractivity contribution >= 4 is 44.4 Å². The van der Waals surface area contributed by atoms with Gasteiger partial charge in [0, 0.05) is 48.2 Å². The molecule has 7 rings (SSSR count). The molecule has 2 aromatic heterocycles. The Kier molecular flexibility index (Phi) is 10.3. The molecule has 3 aliphatic rings. The second-order valence-electron chi connectivity index (χ2n) is 15.3. The van der Waals surface area contributed by atoms with E-state index in [9.17, 15) is 18.0 Å². The summed E-state index contributed by atoms with van der Waals surface area (Å²) >= 11 is 0. The van der Waals surface area contributed by atoms with Crippen LogP contribution in [0.4, 0.5) is 0 Å². The number of amides is 2. The summed E-state index contributed by atoms with van der Waals surface area (Å²) in [6.45, 7) is 5.16. The van der Waals surface area contributed by atoms with Crippen LogP contribution >= 0.6 is 0 Å². The molecule has 2 amide bonds. The zero-order valence-corrected chi connectivity index (χ0v) is 32.6. The van der Waals surface area contributed by atoms with Gasteiger partial charge in [0.05, 0.1) is 42.1 Å². The largest absolute Gasteiger partial charge is 0.497 e. The number of piperidine rings is 1. The summed E-state index contributed by atoms with van der Waals surface area (Å²) in [4.78, 5) is 32.1. The third kappa shape index (κ3) is 6.91. The third-order valence-electron chi connectivity index (χ3n) is 11.8. The Hall–Kier alpha value is -4.42. The van der Waals surface area contributed by atoms with E-state index in [2.05, 4.69) is 51.6 Å². The second kappa shape index (κ2) is 14.8. The first-order chi connectivity index (χ1) is 25.4. The monoisotopic (exact) mass is 740 g/mol. The second-order valence-corrected chi connectivity index (χ2v) is 17.4.